The van der Waals surface area contributed by atoms with E-state index in [1.807, 2.05) is 6.92 Å². The quantitative estimate of drug-likeness (QED) is 0.758. The van der Waals surface area contributed by atoms with Gasteiger partial charge in [0.05, 0.1) is 11.6 Å². The molecule has 3 amide bonds. The monoisotopic (exact) mass is 379 g/mol. The third kappa shape index (κ3) is 4.53. The summed E-state index contributed by atoms with van der Waals surface area (Å²) in [6.07, 6.45) is 0. The molecular formula is C16H15BrFN3O2. The fourth-order valence-corrected chi connectivity index (χ4v) is 2.56. The minimum atomic E-state index is -0.639. The predicted octanol–water partition coefficient (Wildman–Crippen LogP) is 3.57. The zero-order valence-electron chi connectivity index (χ0n) is 12.3. The number of anilines is 1. The van der Waals surface area contributed by atoms with Crippen molar-refractivity contribution in [2.75, 3.05) is 5.32 Å². The first kappa shape index (κ1) is 17.0. The summed E-state index contributed by atoms with van der Waals surface area (Å²) in [6.45, 7) is 1.83. The lowest BCUT2D eigenvalue weighted by atomic mass is 10.1. The number of hydrogen-bond acceptors (Lipinski definition) is 2. The molecule has 0 saturated heterocycles. The molecule has 0 saturated carbocycles. The van der Waals surface area contributed by atoms with Crippen molar-refractivity contribution in [2.45, 2.75) is 13.0 Å². The molecular weight excluding hydrogens is 365 g/mol. The molecule has 0 aromatic heterocycles. The van der Waals surface area contributed by atoms with Gasteiger partial charge in [-0.3, -0.25) is 4.79 Å². The van der Waals surface area contributed by atoms with Crippen LogP contribution >= 0.6 is 15.9 Å². The summed E-state index contributed by atoms with van der Waals surface area (Å²) >= 11 is 3.17. The van der Waals surface area contributed by atoms with Crippen LogP contribution in [-0.4, -0.2) is 11.9 Å². The van der Waals surface area contributed by atoms with Crippen LogP contribution < -0.4 is 16.4 Å². The molecule has 0 fully saturated rings. The fraction of sp³-hybridized carbons (Fsp3) is 0.125. The van der Waals surface area contributed by atoms with E-state index in [-0.39, 0.29) is 11.9 Å². The predicted molar refractivity (Wildman–Crippen MR) is 89.6 cm³/mol. The van der Waals surface area contributed by atoms with E-state index in [0.717, 1.165) is 5.56 Å². The molecule has 4 N–H and O–H groups in total. The molecule has 0 aliphatic carbocycles. The van der Waals surface area contributed by atoms with Gasteiger partial charge in [0.2, 0.25) is 0 Å². The lowest BCUT2D eigenvalue weighted by Gasteiger charge is -2.15. The van der Waals surface area contributed by atoms with Gasteiger partial charge < -0.3 is 16.4 Å². The standard InChI is InChI=1S/C16H15BrFN3O2/c1-9(10-2-5-12(6-3-10)21-16(19)23)20-15(22)13-7-4-11(18)8-14(13)17/h2-9H,1H3,(H,20,22)(H3,19,21,23). The Morgan fingerprint density at radius 2 is 1.83 bits per heavy atom. The third-order valence-corrected chi connectivity index (χ3v) is 3.86. The van der Waals surface area contributed by atoms with E-state index >= 15 is 0 Å². The maximum Gasteiger partial charge on any atom is 0.316 e. The van der Waals surface area contributed by atoms with Crippen LogP contribution in [0.15, 0.2) is 46.9 Å². The smallest absolute Gasteiger partial charge is 0.316 e. The number of benzene rings is 2. The summed E-state index contributed by atoms with van der Waals surface area (Å²) in [4.78, 5) is 23.0. The fourth-order valence-electron chi connectivity index (χ4n) is 2.03. The highest BCUT2D eigenvalue weighted by atomic mass is 79.9. The van der Waals surface area contributed by atoms with Gasteiger partial charge in [0.15, 0.2) is 0 Å². The number of carbonyl (C=O) groups is 2. The van der Waals surface area contributed by atoms with Crippen molar-refractivity contribution in [3.05, 3.63) is 63.9 Å². The number of nitrogens with two attached hydrogens (primary N) is 1. The number of nitrogens with one attached hydrogen (secondary N) is 2. The Bertz CT molecular complexity index is 735. The molecule has 0 spiro atoms. The van der Waals surface area contributed by atoms with Gasteiger partial charge >= 0.3 is 6.03 Å². The minimum Gasteiger partial charge on any atom is -0.351 e. The van der Waals surface area contributed by atoms with Crippen LogP contribution in [0.4, 0.5) is 14.9 Å². The van der Waals surface area contributed by atoms with E-state index in [0.29, 0.717) is 15.7 Å². The average Bonchev–Trinajstić information content (AvgIpc) is 2.47. The van der Waals surface area contributed by atoms with E-state index in [9.17, 15) is 14.0 Å². The van der Waals surface area contributed by atoms with Gasteiger partial charge in [-0.25, -0.2) is 9.18 Å². The summed E-state index contributed by atoms with van der Waals surface area (Å²) in [6, 6.07) is 9.92. The maximum atomic E-state index is 13.1. The molecule has 2 rings (SSSR count). The summed E-state index contributed by atoms with van der Waals surface area (Å²) in [5.41, 5.74) is 6.82. The first-order valence-electron chi connectivity index (χ1n) is 6.79. The third-order valence-electron chi connectivity index (χ3n) is 3.20. The van der Waals surface area contributed by atoms with Crippen molar-refractivity contribution in [3.8, 4) is 0 Å². The van der Waals surface area contributed by atoms with E-state index in [1.165, 1.54) is 18.2 Å². The van der Waals surface area contributed by atoms with Crippen LogP contribution in [0.3, 0.4) is 0 Å². The van der Waals surface area contributed by atoms with E-state index in [2.05, 4.69) is 26.6 Å². The van der Waals surface area contributed by atoms with Crippen LogP contribution in [0.1, 0.15) is 28.9 Å². The molecule has 23 heavy (non-hydrogen) atoms. The van der Waals surface area contributed by atoms with Gasteiger partial charge in [-0.05, 0) is 58.7 Å². The molecule has 0 radical (unpaired) electrons. The first-order valence-corrected chi connectivity index (χ1v) is 7.58. The molecule has 2 aromatic rings. The number of urea groups is 1. The second kappa shape index (κ2) is 7.23. The summed E-state index contributed by atoms with van der Waals surface area (Å²) in [5.74, 6) is -0.734. The Morgan fingerprint density at radius 3 is 2.39 bits per heavy atom. The molecule has 1 unspecified atom stereocenters. The molecule has 5 nitrogen and oxygen atoms in total. The van der Waals surface area contributed by atoms with Crippen molar-refractivity contribution >= 4 is 33.6 Å². The molecule has 0 aliphatic rings. The normalized spacial score (nSPS) is 11.6. The minimum absolute atomic E-state index is 0.262. The van der Waals surface area contributed by atoms with Crippen molar-refractivity contribution < 1.29 is 14.0 Å². The Kier molecular flexibility index (Phi) is 5.33. The van der Waals surface area contributed by atoms with Crippen LogP contribution in [0.5, 0.6) is 0 Å². The number of primary amides is 1. The summed E-state index contributed by atoms with van der Waals surface area (Å²) < 4.78 is 13.5. The van der Waals surface area contributed by atoms with Gasteiger partial charge in [-0.15, -0.1) is 0 Å². The van der Waals surface area contributed by atoms with Crippen molar-refractivity contribution in [1.82, 2.24) is 5.32 Å². The molecule has 2 aromatic carbocycles. The second-order valence-electron chi connectivity index (χ2n) is 4.93. The molecule has 0 aliphatic heterocycles. The number of amides is 3. The first-order chi connectivity index (χ1) is 10.9. The van der Waals surface area contributed by atoms with Crippen LogP contribution in [0.2, 0.25) is 0 Å². The van der Waals surface area contributed by atoms with Crippen LogP contribution in [0, 0.1) is 5.82 Å². The highest BCUT2D eigenvalue weighted by Gasteiger charge is 2.14. The highest BCUT2D eigenvalue weighted by molar-refractivity contribution is 9.10. The summed E-state index contributed by atoms with van der Waals surface area (Å²) in [5, 5.41) is 5.29. The van der Waals surface area contributed by atoms with Crippen molar-refractivity contribution in [3.63, 3.8) is 0 Å². The maximum absolute atomic E-state index is 13.1. The van der Waals surface area contributed by atoms with Gasteiger partial charge in [-0.1, -0.05) is 12.1 Å². The zero-order chi connectivity index (χ0) is 17.0. The zero-order valence-corrected chi connectivity index (χ0v) is 13.9. The number of halogens is 2. The van der Waals surface area contributed by atoms with E-state index < -0.39 is 11.8 Å². The van der Waals surface area contributed by atoms with E-state index in [4.69, 9.17) is 5.73 Å². The van der Waals surface area contributed by atoms with Gasteiger partial charge in [0.1, 0.15) is 5.82 Å². The highest BCUT2D eigenvalue weighted by Crippen LogP contribution is 2.20. The number of carbonyl (C=O) groups excluding carboxylic acids is 2. The topological polar surface area (TPSA) is 84.2 Å². The lowest BCUT2D eigenvalue weighted by Crippen LogP contribution is -2.27. The molecule has 0 bridgehead atoms. The number of hydrogen-bond donors (Lipinski definition) is 3. The van der Waals surface area contributed by atoms with Crippen molar-refractivity contribution in [1.29, 1.82) is 0 Å². The number of rotatable bonds is 4. The Morgan fingerprint density at radius 1 is 1.17 bits per heavy atom. The average molecular weight is 380 g/mol. The Balaban J connectivity index is 2.07. The molecule has 1 atom stereocenters. The molecule has 0 heterocycles. The van der Waals surface area contributed by atoms with E-state index in [1.54, 1.807) is 24.3 Å². The van der Waals surface area contributed by atoms with Crippen LogP contribution in [-0.2, 0) is 0 Å². The largest absolute Gasteiger partial charge is 0.351 e. The second-order valence-corrected chi connectivity index (χ2v) is 5.78. The summed E-state index contributed by atoms with van der Waals surface area (Å²) in [7, 11) is 0. The van der Waals surface area contributed by atoms with Gasteiger partial charge in [0.25, 0.3) is 5.91 Å². The molecule has 7 heteroatoms. The SMILES string of the molecule is CC(NC(=O)c1ccc(F)cc1Br)c1ccc(NC(N)=O)cc1. The Labute approximate surface area is 141 Å². The Hall–Kier alpha value is -2.41. The molecule has 120 valence electrons. The van der Waals surface area contributed by atoms with Crippen molar-refractivity contribution in [2.24, 2.45) is 5.73 Å². The lowest BCUT2D eigenvalue weighted by molar-refractivity contribution is 0.0939. The van der Waals surface area contributed by atoms with Crippen LogP contribution in [0.25, 0.3) is 0 Å². The van der Waals surface area contributed by atoms with Gasteiger partial charge in [0, 0.05) is 10.2 Å². The van der Waals surface area contributed by atoms with Gasteiger partial charge in [-0.2, -0.15) is 0 Å².